The summed E-state index contributed by atoms with van der Waals surface area (Å²) >= 11 is 0. The predicted molar refractivity (Wildman–Crippen MR) is 136 cm³/mol. The van der Waals surface area contributed by atoms with Crippen molar-refractivity contribution in [3.05, 3.63) is 71.9 Å². The van der Waals surface area contributed by atoms with Gasteiger partial charge in [0.05, 0.1) is 11.6 Å². The zero-order valence-electron chi connectivity index (χ0n) is 19.0. The highest BCUT2D eigenvalue weighted by molar-refractivity contribution is 5.89. The zero-order valence-corrected chi connectivity index (χ0v) is 19.8. The lowest BCUT2D eigenvalue weighted by molar-refractivity contribution is 0.211. The van der Waals surface area contributed by atoms with E-state index in [9.17, 15) is 0 Å². The van der Waals surface area contributed by atoms with Gasteiger partial charge in [-0.25, -0.2) is 0 Å². The molecular weight excluding hydrogens is 434 g/mol. The number of aryl methyl sites for hydroxylation is 2. The van der Waals surface area contributed by atoms with E-state index in [1.54, 1.807) is 4.68 Å². The van der Waals surface area contributed by atoms with E-state index in [4.69, 9.17) is 9.97 Å². The fourth-order valence-electron chi connectivity index (χ4n) is 4.30. The van der Waals surface area contributed by atoms with Crippen LogP contribution in [0.1, 0.15) is 24.0 Å². The molecule has 3 heterocycles. The molecule has 0 saturated carbocycles. The van der Waals surface area contributed by atoms with Crippen molar-refractivity contribution in [3.8, 4) is 0 Å². The molecule has 1 aliphatic heterocycles. The molecule has 1 fully saturated rings. The number of fused-ring (bicyclic) bond motifs is 1. The first-order chi connectivity index (χ1) is 15.6. The summed E-state index contributed by atoms with van der Waals surface area (Å²) in [5.74, 6) is 1.43. The van der Waals surface area contributed by atoms with Gasteiger partial charge in [0.15, 0.2) is 5.65 Å². The Morgan fingerprint density at radius 2 is 1.79 bits per heavy atom. The van der Waals surface area contributed by atoms with Crippen LogP contribution in [0.25, 0.3) is 11.0 Å². The summed E-state index contributed by atoms with van der Waals surface area (Å²) < 4.78 is 1.80. The first-order valence-corrected chi connectivity index (χ1v) is 11.2. The molecule has 1 saturated heterocycles. The molecule has 0 aliphatic carbocycles. The Bertz CT molecular complexity index is 1200. The minimum absolute atomic E-state index is 0. The van der Waals surface area contributed by atoms with Gasteiger partial charge in [0.2, 0.25) is 5.95 Å². The van der Waals surface area contributed by atoms with Gasteiger partial charge in [-0.3, -0.25) is 9.58 Å². The normalized spacial score (nSPS) is 14.7. The fraction of sp³-hybridized carbons (Fsp3) is 0.320. The first kappa shape index (κ1) is 23.0. The molecule has 0 atom stereocenters. The number of aromatic nitrogens is 4. The summed E-state index contributed by atoms with van der Waals surface area (Å²) in [7, 11) is 1.91. The lowest BCUT2D eigenvalue weighted by Gasteiger charge is -2.32. The average molecular weight is 464 g/mol. The summed E-state index contributed by atoms with van der Waals surface area (Å²) in [5.41, 5.74) is 4.40. The maximum atomic E-state index is 4.82. The minimum atomic E-state index is 0. The number of likely N-dealkylation sites (tertiary alicyclic amines) is 1. The smallest absolute Gasteiger partial charge is 0.226 e. The highest BCUT2D eigenvalue weighted by Crippen LogP contribution is 2.26. The molecule has 7 nitrogen and oxygen atoms in total. The van der Waals surface area contributed by atoms with Gasteiger partial charge < -0.3 is 10.6 Å². The van der Waals surface area contributed by atoms with Crippen LogP contribution in [-0.4, -0.2) is 43.8 Å². The molecule has 5 rings (SSSR count). The van der Waals surface area contributed by atoms with Gasteiger partial charge in [0, 0.05) is 38.4 Å². The van der Waals surface area contributed by atoms with Gasteiger partial charge in [-0.05, 0) is 43.0 Å². The number of halogens is 1. The third-order valence-corrected chi connectivity index (χ3v) is 6.04. The van der Waals surface area contributed by atoms with E-state index >= 15 is 0 Å². The molecule has 8 heteroatoms. The van der Waals surface area contributed by atoms with Crippen LogP contribution in [0.4, 0.5) is 17.5 Å². The van der Waals surface area contributed by atoms with E-state index in [0.717, 1.165) is 55.0 Å². The Labute approximate surface area is 200 Å². The van der Waals surface area contributed by atoms with Crippen LogP contribution in [0.15, 0.2) is 60.8 Å². The van der Waals surface area contributed by atoms with E-state index < -0.39 is 0 Å². The van der Waals surface area contributed by atoms with Crippen LogP contribution < -0.4 is 10.6 Å². The maximum Gasteiger partial charge on any atom is 0.226 e. The van der Waals surface area contributed by atoms with E-state index in [-0.39, 0.29) is 12.4 Å². The number of anilines is 3. The highest BCUT2D eigenvalue weighted by Gasteiger charge is 2.21. The average Bonchev–Trinajstić information content (AvgIpc) is 3.17. The number of hydrogen-bond acceptors (Lipinski definition) is 6. The molecule has 4 aromatic rings. The second-order valence-electron chi connectivity index (χ2n) is 8.58. The highest BCUT2D eigenvalue weighted by atomic mass is 35.5. The number of nitrogens with zero attached hydrogens (tertiary/aromatic N) is 5. The molecule has 1 aliphatic rings. The largest absolute Gasteiger partial charge is 0.351 e. The van der Waals surface area contributed by atoms with Crippen molar-refractivity contribution >= 4 is 40.9 Å². The molecule has 2 aromatic heterocycles. The van der Waals surface area contributed by atoms with Crippen molar-refractivity contribution in [1.82, 2.24) is 24.6 Å². The maximum absolute atomic E-state index is 4.82. The summed E-state index contributed by atoms with van der Waals surface area (Å²) in [5, 5.41) is 12.3. The SMILES string of the molecule is Cc1cccc(Nc2nc(NC3CCN(Cc4ccccc4)CC3)nc3c2cnn3C)c1.Cl. The Morgan fingerprint density at radius 3 is 2.55 bits per heavy atom. The third kappa shape index (κ3) is 5.43. The summed E-state index contributed by atoms with van der Waals surface area (Å²) in [6.07, 6.45) is 3.96. The first-order valence-electron chi connectivity index (χ1n) is 11.2. The van der Waals surface area contributed by atoms with Crippen LogP contribution in [0.3, 0.4) is 0 Å². The molecule has 0 unspecified atom stereocenters. The Hall–Kier alpha value is -3.16. The molecular formula is C25H30ClN7. The molecule has 172 valence electrons. The lowest BCUT2D eigenvalue weighted by Crippen LogP contribution is -2.39. The van der Waals surface area contributed by atoms with Gasteiger partial charge in [0.25, 0.3) is 0 Å². The van der Waals surface area contributed by atoms with E-state index in [1.807, 2.05) is 25.4 Å². The quantitative estimate of drug-likeness (QED) is 0.423. The third-order valence-electron chi connectivity index (χ3n) is 6.04. The Balaban J connectivity index is 0.00000259. The Morgan fingerprint density at radius 1 is 1.00 bits per heavy atom. The molecule has 2 N–H and O–H groups in total. The van der Waals surface area contributed by atoms with Crippen molar-refractivity contribution in [2.75, 3.05) is 23.7 Å². The van der Waals surface area contributed by atoms with Crippen molar-refractivity contribution in [2.24, 2.45) is 7.05 Å². The second-order valence-corrected chi connectivity index (χ2v) is 8.58. The summed E-state index contributed by atoms with van der Waals surface area (Å²) in [4.78, 5) is 12.1. The van der Waals surface area contributed by atoms with Crippen molar-refractivity contribution in [2.45, 2.75) is 32.4 Å². The number of benzene rings is 2. The van der Waals surface area contributed by atoms with Gasteiger partial charge in [0.1, 0.15) is 5.82 Å². The zero-order chi connectivity index (χ0) is 21.9. The van der Waals surface area contributed by atoms with Gasteiger partial charge in [-0.2, -0.15) is 15.1 Å². The monoisotopic (exact) mass is 463 g/mol. The Kier molecular flexibility index (Phi) is 7.11. The fourth-order valence-corrected chi connectivity index (χ4v) is 4.30. The number of rotatable bonds is 6. The molecule has 2 aromatic carbocycles. The lowest BCUT2D eigenvalue weighted by atomic mass is 10.0. The second kappa shape index (κ2) is 10.2. The molecule has 0 radical (unpaired) electrons. The molecule has 33 heavy (non-hydrogen) atoms. The van der Waals surface area contributed by atoms with Gasteiger partial charge in [-0.15, -0.1) is 12.4 Å². The van der Waals surface area contributed by atoms with E-state index in [0.29, 0.717) is 12.0 Å². The minimum Gasteiger partial charge on any atom is -0.351 e. The van der Waals surface area contributed by atoms with E-state index in [2.05, 4.69) is 70.0 Å². The van der Waals surface area contributed by atoms with Crippen molar-refractivity contribution < 1.29 is 0 Å². The standard InChI is InChI=1S/C25H29N7.ClH/c1-18-7-6-10-21(15-18)27-23-22-16-26-31(2)24(22)30-25(29-23)28-20-11-13-32(14-12-20)17-19-8-4-3-5-9-19;/h3-10,15-16,20H,11-14,17H2,1-2H3,(H2,27,28,29,30);1H. The van der Waals surface area contributed by atoms with Crippen LogP contribution in [0, 0.1) is 6.92 Å². The molecule has 0 amide bonds. The topological polar surface area (TPSA) is 70.9 Å². The van der Waals surface area contributed by atoms with Crippen molar-refractivity contribution in [3.63, 3.8) is 0 Å². The number of nitrogens with one attached hydrogen (secondary N) is 2. The van der Waals surface area contributed by atoms with Crippen LogP contribution in [-0.2, 0) is 13.6 Å². The molecule has 0 bridgehead atoms. The molecule has 0 spiro atoms. The van der Waals surface area contributed by atoms with Gasteiger partial charge >= 0.3 is 0 Å². The van der Waals surface area contributed by atoms with E-state index in [1.165, 1.54) is 11.1 Å². The van der Waals surface area contributed by atoms with Crippen LogP contribution >= 0.6 is 12.4 Å². The predicted octanol–water partition coefficient (Wildman–Crippen LogP) is 4.91. The van der Waals surface area contributed by atoms with Gasteiger partial charge in [-0.1, -0.05) is 42.5 Å². The van der Waals surface area contributed by atoms with Crippen LogP contribution in [0.5, 0.6) is 0 Å². The number of hydrogen-bond donors (Lipinski definition) is 2. The summed E-state index contributed by atoms with van der Waals surface area (Å²) in [6, 6.07) is 19.3. The van der Waals surface area contributed by atoms with Crippen LogP contribution in [0.2, 0.25) is 0 Å². The van der Waals surface area contributed by atoms with Crippen molar-refractivity contribution in [1.29, 1.82) is 0 Å². The summed E-state index contributed by atoms with van der Waals surface area (Å²) in [6.45, 7) is 5.22. The number of piperidine rings is 1.